The molecule has 19 heavy (non-hydrogen) atoms. The van der Waals surface area contributed by atoms with Crippen LogP contribution in [0.1, 0.15) is 23.3 Å². The third-order valence-electron chi connectivity index (χ3n) is 3.69. The van der Waals surface area contributed by atoms with Crippen molar-refractivity contribution in [1.29, 1.82) is 0 Å². The zero-order valence-corrected chi connectivity index (χ0v) is 12.8. The summed E-state index contributed by atoms with van der Waals surface area (Å²) in [5.41, 5.74) is 1.74. The van der Waals surface area contributed by atoms with Gasteiger partial charge in [-0.3, -0.25) is 4.79 Å². The Morgan fingerprint density at radius 1 is 1.32 bits per heavy atom. The maximum absolute atomic E-state index is 11.3. The molecule has 1 aliphatic rings. The number of carbonyl (C=O) groups is 1. The Labute approximate surface area is 124 Å². The highest BCUT2D eigenvalue weighted by molar-refractivity contribution is 9.10. The van der Waals surface area contributed by atoms with Crippen molar-refractivity contribution < 1.29 is 9.90 Å². The smallest absolute Gasteiger partial charge is 0.314 e. The van der Waals surface area contributed by atoms with Crippen LogP contribution < -0.4 is 0 Å². The highest BCUT2D eigenvalue weighted by Crippen LogP contribution is 2.51. The van der Waals surface area contributed by atoms with E-state index >= 15 is 0 Å². The van der Waals surface area contributed by atoms with Gasteiger partial charge in [0.05, 0.1) is 0 Å². The van der Waals surface area contributed by atoms with Crippen LogP contribution in [0.3, 0.4) is 0 Å². The molecule has 1 N–H and O–H groups in total. The van der Waals surface area contributed by atoms with E-state index in [9.17, 15) is 9.90 Å². The van der Waals surface area contributed by atoms with E-state index < -0.39 is 11.4 Å². The van der Waals surface area contributed by atoms with E-state index in [0.717, 1.165) is 32.6 Å². The first kappa shape index (κ1) is 12.9. The van der Waals surface area contributed by atoms with Crippen LogP contribution >= 0.6 is 27.3 Å². The second kappa shape index (κ2) is 4.46. The normalized spacial score (nSPS) is 16.3. The molecule has 4 heteroatoms. The van der Waals surface area contributed by atoms with Gasteiger partial charge in [0.1, 0.15) is 5.41 Å². The molecule has 1 heterocycles. The average molecular weight is 337 g/mol. The second-order valence-electron chi connectivity index (χ2n) is 5.02. The van der Waals surface area contributed by atoms with Crippen LogP contribution in [0.15, 0.2) is 34.8 Å². The SMILES string of the molecule is Cc1ccc(-c2ccc(C3(C(=O)O)CC3)s2)cc1Br. The molecule has 0 saturated heterocycles. The van der Waals surface area contributed by atoms with Gasteiger partial charge in [-0.2, -0.15) is 0 Å². The summed E-state index contributed by atoms with van der Waals surface area (Å²) in [6.45, 7) is 2.05. The molecule has 1 saturated carbocycles. The minimum Gasteiger partial charge on any atom is -0.481 e. The van der Waals surface area contributed by atoms with Crippen molar-refractivity contribution in [2.75, 3.05) is 0 Å². The van der Waals surface area contributed by atoms with Gasteiger partial charge in [0.2, 0.25) is 0 Å². The van der Waals surface area contributed by atoms with Crippen molar-refractivity contribution in [3.63, 3.8) is 0 Å². The number of halogens is 1. The van der Waals surface area contributed by atoms with Crippen LogP contribution in [-0.4, -0.2) is 11.1 Å². The fourth-order valence-electron chi connectivity index (χ4n) is 2.19. The lowest BCUT2D eigenvalue weighted by Gasteiger charge is -2.06. The third kappa shape index (κ3) is 2.13. The Morgan fingerprint density at radius 2 is 2.05 bits per heavy atom. The molecule has 98 valence electrons. The third-order valence-corrected chi connectivity index (χ3v) is 5.89. The van der Waals surface area contributed by atoms with Gasteiger partial charge in [-0.1, -0.05) is 28.1 Å². The Hall–Kier alpha value is -1.13. The Bertz CT molecular complexity index is 656. The van der Waals surface area contributed by atoms with E-state index in [1.165, 1.54) is 5.56 Å². The van der Waals surface area contributed by atoms with Crippen LogP contribution in [0.4, 0.5) is 0 Å². The van der Waals surface area contributed by atoms with E-state index in [4.69, 9.17) is 0 Å². The monoisotopic (exact) mass is 336 g/mol. The van der Waals surface area contributed by atoms with Crippen LogP contribution in [0.5, 0.6) is 0 Å². The molecule has 1 aromatic carbocycles. The molecule has 0 unspecified atom stereocenters. The number of carboxylic acids is 1. The topological polar surface area (TPSA) is 37.3 Å². The van der Waals surface area contributed by atoms with E-state index in [1.807, 2.05) is 12.1 Å². The van der Waals surface area contributed by atoms with Gasteiger partial charge >= 0.3 is 5.97 Å². The van der Waals surface area contributed by atoms with Crippen molar-refractivity contribution in [3.05, 3.63) is 45.2 Å². The number of hydrogen-bond donors (Lipinski definition) is 1. The molecular formula is C15H13BrO2S. The summed E-state index contributed by atoms with van der Waals surface area (Å²) in [7, 11) is 0. The summed E-state index contributed by atoms with van der Waals surface area (Å²) in [5.74, 6) is -0.689. The predicted molar refractivity (Wildman–Crippen MR) is 80.7 cm³/mol. The second-order valence-corrected chi connectivity index (χ2v) is 6.95. The summed E-state index contributed by atoms with van der Waals surface area (Å²) in [6, 6.07) is 10.2. The predicted octanol–water partition coefficient (Wildman–Crippen LogP) is 4.60. The van der Waals surface area contributed by atoms with Gasteiger partial charge in [-0.25, -0.2) is 0 Å². The van der Waals surface area contributed by atoms with Crippen LogP contribution in [-0.2, 0) is 10.2 Å². The number of rotatable bonds is 3. The molecular weight excluding hydrogens is 324 g/mol. The Morgan fingerprint density at radius 3 is 2.63 bits per heavy atom. The van der Waals surface area contributed by atoms with Gasteiger partial charge in [-0.05, 0) is 49.1 Å². The van der Waals surface area contributed by atoms with Gasteiger partial charge in [0.25, 0.3) is 0 Å². The zero-order valence-electron chi connectivity index (χ0n) is 10.4. The number of hydrogen-bond acceptors (Lipinski definition) is 2. The first-order valence-corrected chi connectivity index (χ1v) is 7.74. The number of thiophene rings is 1. The van der Waals surface area contributed by atoms with Crippen LogP contribution in [0.25, 0.3) is 10.4 Å². The lowest BCUT2D eigenvalue weighted by molar-refractivity contribution is -0.139. The van der Waals surface area contributed by atoms with Crippen molar-refractivity contribution in [3.8, 4) is 10.4 Å². The highest BCUT2D eigenvalue weighted by Gasteiger charge is 2.52. The van der Waals surface area contributed by atoms with Crippen molar-refractivity contribution in [2.24, 2.45) is 0 Å². The average Bonchev–Trinajstić information content (AvgIpc) is 3.05. The molecule has 0 aliphatic heterocycles. The van der Waals surface area contributed by atoms with Crippen LogP contribution in [0, 0.1) is 6.92 Å². The number of carboxylic acid groups (broad SMARTS) is 1. The Kier molecular flexibility index (Phi) is 3.02. The molecule has 0 bridgehead atoms. The first-order valence-electron chi connectivity index (χ1n) is 6.13. The summed E-state index contributed by atoms with van der Waals surface area (Å²) in [4.78, 5) is 13.4. The molecule has 1 aliphatic carbocycles. The largest absolute Gasteiger partial charge is 0.481 e. The lowest BCUT2D eigenvalue weighted by atomic mass is 10.1. The van der Waals surface area contributed by atoms with Gasteiger partial charge in [0.15, 0.2) is 0 Å². The van der Waals surface area contributed by atoms with Gasteiger partial charge in [0, 0.05) is 14.2 Å². The zero-order chi connectivity index (χ0) is 13.6. The molecule has 0 spiro atoms. The Balaban J connectivity index is 1.97. The fraction of sp³-hybridized carbons (Fsp3) is 0.267. The minimum absolute atomic E-state index is 0.592. The first-order chi connectivity index (χ1) is 9.03. The number of aliphatic carboxylic acids is 1. The molecule has 0 radical (unpaired) electrons. The van der Waals surface area contributed by atoms with Gasteiger partial charge in [-0.15, -0.1) is 11.3 Å². The number of aryl methyl sites for hydroxylation is 1. The van der Waals surface area contributed by atoms with Crippen molar-refractivity contribution in [2.45, 2.75) is 25.2 Å². The maximum Gasteiger partial charge on any atom is 0.314 e. The number of benzene rings is 1. The molecule has 0 amide bonds. The molecule has 1 fully saturated rings. The molecule has 2 aromatic rings. The molecule has 2 nitrogen and oxygen atoms in total. The molecule has 3 rings (SSSR count). The minimum atomic E-state index is -0.689. The highest BCUT2D eigenvalue weighted by atomic mass is 79.9. The van der Waals surface area contributed by atoms with Crippen molar-refractivity contribution in [1.82, 2.24) is 0 Å². The van der Waals surface area contributed by atoms with Crippen molar-refractivity contribution >= 4 is 33.2 Å². The lowest BCUT2D eigenvalue weighted by Crippen LogP contribution is -2.17. The molecule has 0 atom stereocenters. The summed E-state index contributed by atoms with van der Waals surface area (Å²) in [6.07, 6.45) is 1.53. The fourth-order valence-corrected chi connectivity index (χ4v) is 3.81. The quantitative estimate of drug-likeness (QED) is 0.889. The van der Waals surface area contributed by atoms with E-state index in [1.54, 1.807) is 11.3 Å². The summed E-state index contributed by atoms with van der Waals surface area (Å²) in [5, 5.41) is 9.32. The molecule has 1 aromatic heterocycles. The van der Waals surface area contributed by atoms with Crippen LogP contribution in [0.2, 0.25) is 0 Å². The van der Waals surface area contributed by atoms with E-state index in [0.29, 0.717) is 0 Å². The standard InChI is InChI=1S/C15H13BrO2S/c1-9-2-3-10(8-11(9)16)12-4-5-13(19-12)15(6-7-15)14(17)18/h2-5,8H,6-7H2,1H3,(H,17,18). The maximum atomic E-state index is 11.3. The summed E-state index contributed by atoms with van der Waals surface area (Å²) < 4.78 is 1.08. The van der Waals surface area contributed by atoms with Gasteiger partial charge < -0.3 is 5.11 Å². The summed E-state index contributed by atoms with van der Waals surface area (Å²) >= 11 is 5.13. The van der Waals surface area contributed by atoms with E-state index in [-0.39, 0.29) is 0 Å². The van der Waals surface area contributed by atoms with E-state index in [2.05, 4.69) is 41.1 Å².